The Morgan fingerprint density at radius 3 is 1.92 bits per heavy atom. The lowest BCUT2D eigenvalue weighted by Gasteiger charge is -2.29. The Morgan fingerprint density at radius 2 is 1.38 bits per heavy atom. The maximum absolute atomic E-state index is 5.91. The van der Waals surface area contributed by atoms with Crippen molar-refractivity contribution in [3.05, 3.63) is 58.0 Å². The molecule has 1 fully saturated rings. The second-order valence-corrected chi connectivity index (χ2v) is 7.51. The van der Waals surface area contributed by atoms with Crippen LogP contribution in [0, 0.1) is 11.8 Å². The fourth-order valence-electron chi connectivity index (χ4n) is 2.87. The van der Waals surface area contributed by atoms with Gasteiger partial charge in [-0.25, -0.2) is 0 Å². The van der Waals surface area contributed by atoms with E-state index < -0.39 is 0 Å². The average Bonchev–Trinajstić information content (AvgIpc) is 2.61. The van der Waals surface area contributed by atoms with Crippen molar-refractivity contribution in [1.82, 2.24) is 5.32 Å². The fourth-order valence-corrected chi connectivity index (χ4v) is 3.26. The van der Waals surface area contributed by atoms with E-state index in [1.54, 1.807) is 0 Å². The zero-order valence-electron chi connectivity index (χ0n) is 13.4. The third-order valence-corrected chi connectivity index (χ3v) is 4.91. The molecule has 24 heavy (non-hydrogen) atoms. The SMILES string of the molecule is Clc1ccc(OCC2CNCC(COc3ccc(Br)cc3)C2)cc1. The summed E-state index contributed by atoms with van der Waals surface area (Å²) >= 11 is 9.33. The summed E-state index contributed by atoms with van der Waals surface area (Å²) in [5, 5.41) is 4.22. The summed E-state index contributed by atoms with van der Waals surface area (Å²) in [4.78, 5) is 0. The summed E-state index contributed by atoms with van der Waals surface area (Å²) < 4.78 is 12.9. The van der Waals surface area contributed by atoms with Crippen LogP contribution in [0.15, 0.2) is 53.0 Å². The van der Waals surface area contributed by atoms with Gasteiger partial charge in [-0.15, -0.1) is 0 Å². The van der Waals surface area contributed by atoms with Gasteiger partial charge in [0.1, 0.15) is 11.5 Å². The molecule has 5 heteroatoms. The highest BCUT2D eigenvalue weighted by Gasteiger charge is 2.22. The van der Waals surface area contributed by atoms with E-state index in [0.717, 1.165) is 47.1 Å². The highest BCUT2D eigenvalue weighted by Crippen LogP contribution is 2.22. The monoisotopic (exact) mass is 409 g/mol. The number of rotatable bonds is 6. The Kier molecular flexibility index (Phi) is 6.41. The van der Waals surface area contributed by atoms with Crippen LogP contribution in [0.1, 0.15) is 6.42 Å². The highest BCUT2D eigenvalue weighted by atomic mass is 79.9. The van der Waals surface area contributed by atoms with Gasteiger partial charge in [0.25, 0.3) is 0 Å². The van der Waals surface area contributed by atoms with Crippen LogP contribution in [0.4, 0.5) is 0 Å². The maximum atomic E-state index is 5.91. The molecule has 1 N–H and O–H groups in total. The van der Waals surface area contributed by atoms with Crippen LogP contribution in [-0.2, 0) is 0 Å². The molecule has 3 nitrogen and oxygen atoms in total. The molecule has 2 atom stereocenters. The molecule has 128 valence electrons. The minimum Gasteiger partial charge on any atom is -0.493 e. The average molecular weight is 411 g/mol. The molecule has 0 amide bonds. The Balaban J connectivity index is 1.43. The van der Waals surface area contributed by atoms with E-state index >= 15 is 0 Å². The van der Waals surface area contributed by atoms with Crippen LogP contribution in [0.25, 0.3) is 0 Å². The molecule has 3 rings (SSSR count). The molecule has 2 unspecified atom stereocenters. The third kappa shape index (κ3) is 5.40. The molecule has 1 aliphatic heterocycles. The molecule has 1 saturated heterocycles. The molecule has 0 radical (unpaired) electrons. The van der Waals surface area contributed by atoms with Gasteiger partial charge < -0.3 is 14.8 Å². The largest absolute Gasteiger partial charge is 0.493 e. The summed E-state index contributed by atoms with van der Waals surface area (Å²) in [5.41, 5.74) is 0. The van der Waals surface area contributed by atoms with Gasteiger partial charge in [0.15, 0.2) is 0 Å². The Hall–Kier alpha value is -1.23. The summed E-state index contributed by atoms with van der Waals surface area (Å²) in [6.07, 6.45) is 1.11. The molecular weight excluding hydrogens is 390 g/mol. The van der Waals surface area contributed by atoms with Crippen LogP contribution in [0.5, 0.6) is 11.5 Å². The number of nitrogens with one attached hydrogen (secondary N) is 1. The normalized spacial score (nSPS) is 20.6. The third-order valence-electron chi connectivity index (χ3n) is 4.13. The zero-order valence-corrected chi connectivity index (χ0v) is 15.7. The van der Waals surface area contributed by atoms with Gasteiger partial charge in [-0.3, -0.25) is 0 Å². The summed E-state index contributed by atoms with van der Waals surface area (Å²) in [6.45, 7) is 3.42. The number of piperidine rings is 1. The van der Waals surface area contributed by atoms with Crippen LogP contribution < -0.4 is 14.8 Å². The first-order chi connectivity index (χ1) is 11.7. The number of hydrogen-bond acceptors (Lipinski definition) is 3. The van der Waals surface area contributed by atoms with Crippen molar-refractivity contribution < 1.29 is 9.47 Å². The highest BCUT2D eigenvalue weighted by molar-refractivity contribution is 9.10. The van der Waals surface area contributed by atoms with E-state index in [1.165, 1.54) is 0 Å². The van der Waals surface area contributed by atoms with E-state index in [2.05, 4.69) is 21.2 Å². The minimum atomic E-state index is 0.493. The van der Waals surface area contributed by atoms with Crippen molar-refractivity contribution in [2.24, 2.45) is 11.8 Å². The van der Waals surface area contributed by atoms with E-state index in [0.29, 0.717) is 18.4 Å². The Morgan fingerprint density at radius 1 is 0.875 bits per heavy atom. The minimum absolute atomic E-state index is 0.493. The zero-order chi connectivity index (χ0) is 16.8. The molecule has 0 aromatic heterocycles. The predicted molar refractivity (Wildman–Crippen MR) is 101 cm³/mol. The van der Waals surface area contributed by atoms with Crippen LogP contribution in [0.3, 0.4) is 0 Å². The first-order valence-corrected chi connectivity index (χ1v) is 9.33. The second-order valence-electron chi connectivity index (χ2n) is 6.16. The smallest absolute Gasteiger partial charge is 0.119 e. The molecule has 0 bridgehead atoms. The Labute approximate surface area is 156 Å². The molecular formula is C19H21BrClNO2. The van der Waals surface area contributed by atoms with Crippen molar-refractivity contribution in [2.75, 3.05) is 26.3 Å². The van der Waals surface area contributed by atoms with Gasteiger partial charge in [0, 0.05) is 34.4 Å². The summed E-state index contributed by atoms with van der Waals surface area (Å²) in [5.74, 6) is 2.78. The first-order valence-electron chi connectivity index (χ1n) is 8.16. The number of hydrogen-bond donors (Lipinski definition) is 1. The van der Waals surface area contributed by atoms with Gasteiger partial charge >= 0.3 is 0 Å². The molecule has 1 aliphatic rings. The van der Waals surface area contributed by atoms with Crippen LogP contribution in [0.2, 0.25) is 5.02 Å². The maximum Gasteiger partial charge on any atom is 0.119 e. The van der Waals surface area contributed by atoms with Gasteiger partial charge in [-0.1, -0.05) is 27.5 Å². The van der Waals surface area contributed by atoms with Crippen molar-refractivity contribution >= 4 is 27.5 Å². The number of benzene rings is 2. The van der Waals surface area contributed by atoms with Crippen molar-refractivity contribution in [1.29, 1.82) is 0 Å². The van der Waals surface area contributed by atoms with Crippen LogP contribution in [-0.4, -0.2) is 26.3 Å². The Bertz CT molecular complexity index is 577. The lowest BCUT2D eigenvalue weighted by atomic mass is 9.91. The van der Waals surface area contributed by atoms with Crippen molar-refractivity contribution in [3.63, 3.8) is 0 Å². The molecule has 0 aliphatic carbocycles. The predicted octanol–water partition coefficient (Wildman–Crippen LogP) is 4.79. The van der Waals surface area contributed by atoms with Gasteiger partial charge in [-0.2, -0.15) is 0 Å². The summed E-state index contributed by atoms with van der Waals surface area (Å²) in [7, 11) is 0. The standard InChI is InChI=1S/C19H21BrClNO2/c20-16-1-5-18(6-2-16)23-12-14-9-15(11-22-10-14)13-24-19-7-3-17(21)4-8-19/h1-8,14-15,22H,9-13H2. The van der Waals surface area contributed by atoms with E-state index in [1.807, 2.05) is 48.5 Å². The van der Waals surface area contributed by atoms with Gasteiger partial charge in [-0.05, 0) is 55.0 Å². The quantitative estimate of drug-likeness (QED) is 0.743. The van der Waals surface area contributed by atoms with E-state index in [-0.39, 0.29) is 0 Å². The lowest BCUT2D eigenvalue weighted by Crippen LogP contribution is -2.40. The molecule has 1 heterocycles. The molecule has 0 spiro atoms. The molecule has 2 aromatic carbocycles. The number of halogens is 2. The van der Waals surface area contributed by atoms with Gasteiger partial charge in [0.05, 0.1) is 13.2 Å². The first kappa shape index (κ1) is 17.6. The number of ether oxygens (including phenoxy) is 2. The van der Waals surface area contributed by atoms with Crippen LogP contribution >= 0.6 is 27.5 Å². The topological polar surface area (TPSA) is 30.5 Å². The van der Waals surface area contributed by atoms with Crippen molar-refractivity contribution in [3.8, 4) is 11.5 Å². The second kappa shape index (κ2) is 8.75. The molecule has 2 aromatic rings. The fraction of sp³-hybridized carbons (Fsp3) is 0.368. The summed E-state index contributed by atoms with van der Waals surface area (Å²) in [6, 6.07) is 15.5. The molecule has 0 saturated carbocycles. The lowest BCUT2D eigenvalue weighted by molar-refractivity contribution is 0.150. The van der Waals surface area contributed by atoms with E-state index in [4.69, 9.17) is 21.1 Å². The van der Waals surface area contributed by atoms with Crippen molar-refractivity contribution in [2.45, 2.75) is 6.42 Å². The van der Waals surface area contributed by atoms with Gasteiger partial charge in [0.2, 0.25) is 0 Å². The van der Waals surface area contributed by atoms with E-state index in [9.17, 15) is 0 Å².